The molecule has 7 heteroatoms. The van der Waals surface area contributed by atoms with E-state index in [1.54, 1.807) is 25.3 Å². The fourth-order valence-corrected chi connectivity index (χ4v) is 1.95. The van der Waals surface area contributed by atoms with E-state index in [4.69, 9.17) is 14.0 Å². The summed E-state index contributed by atoms with van der Waals surface area (Å²) >= 11 is 0. The van der Waals surface area contributed by atoms with Crippen LogP contribution < -0.4 is 9.47 Å². The number of hydrogen-bond donors (Lipinski definition) is 0. The largest absolute Gasteiger partial charge is 0.493 e. The van der Waals surface area contributed by atoms with Gasteiger partial charge in [0.1, 0.15) is 0 Å². The van der Waals surface area contributed by atoms with Gasteiger partial charge in [-0.3, -0.25) is 10.1 Å². The maximum atomic E-state index is 11.0. The second kappa shape index (κ2) is 6.75. The van der Waals surface area contributed by atoms with Crippen molar-refractivity contribution in [3.05, 3.63) is 45.3 Å². The lowest BCUT2D eigenvalue weighted by Gasteiger charge is -2.09. The van der Waals surface area contributed by atoms with Crippen LogP contribution in [0.2, 0.25) is 0 Å². The van der Waals surface area contributed by atoms with E-state index in [1.807, 2.05) is 13.0 Å². The number of methoxy groups -OCH3 is 1. The van der Waals surface area contributed by atoms with Gasteiger partial charge in [-0.1, -0.05) is 17.3 Å². The second-order valence-corrected chi connectivity index (χ2v) is 4.41. The van der Waals surface area contributed by atoms with Crippen molar-refractivity contribution in [1.82, 2.24) is 5.16 Å². The van der Waals surface area contributed by atoms with E-state index in [0.717, 1.165) is 5.56 Å². The number of hydrogen-bond acceptors (Lipinski definition) is 6. The minimum absolute atomic E-state index is 0.108. The Morgan fingerprint density at radius 1 is 1.36 bits per heavy atom. The van der Waals surface area contributed by atoms with Crippen molar-refractivity contribution in [3.63, 3.8) is 0 Å². The van der Waals surface area contributed by atoms with Gasteiger partial charge in [0, 0.05) is 0 Å². The van der Waals surface area contributed by atoms with Gasteiger partial charge < -0.3 is 14.0 Å². The molecule has 0 unspecified atom stereocenters. The van der Waals surface area contributed by atoms with Gasteiger partial charge in [-0.15, -0.1) is 0 Å². The molecule has 1 aromatic carbocycles. The summed E-state index contributed by atoms with van der Waals surface area (Å²) in [6.07, 6.45) is 3.20. The number of rotatable bonds is 6. The highest BCUT2D eigenvalue weighted by Crippen LogP contribution is 2.29. The highest BCUT2D eigenvalue weighted by molar-refractivity contribution is 5.72. The van der Waals surface area contributed by atoms with E-state index >= 15 is 0 Å². The molecule has 2 aromatic rings. The summed E-state index contributed by atoms with van der Waals surface area (Å²) in [6.45, 7) is 3.92. The van der Waals surface area contributed by atoms with Crippen molar-refractivity contribution >= 4 is 17.8 Å². The Balaban J connectivity index is 2.31. The third kappa shape index (κ3) is 3.25. The Morgan fingerprint density at radius 2 is 2.14 bits per heavy atom. The minimum Gasteiger partial charge on any atom is -0.493 e. The van der Waals surface area contributed by atoms with Crippen LogP contribution in [0.5, 0.6) is 11.5 Å². The molecule has 0 aliphatic carbocycles. The molecule has 0 aliphatic heterocycles. The van der Waals surface area contributed by atoms with Crippen LogP contribution in [-0.2, 0) is 0 Å². The molecule has 0 atom stereocenters. The van der Waals surface area contributed by atoms with Crippen molar-refractivity contribution in [2.24, 2.45) is 0 Å². The fourth-order valence-electron chi connectivity index (χ4n) is 1.95. The van der Waals surface area contributed by atoms with E-state index in [-0.39, 0.29) is 17.1 Å². The molecule has 7 nitrogen and oxygen atoms in total. The molecule has 0 saturated carbocycles. The zero-order valence-corrected chi connectivity index (χ0v) is 12.5. The molecular formula is C15H16N2O5. The summed E-state index contributed by atoms with van der Waals surface area (Å²) in [7, 11) is 1.56. The van der Waals surface area contributed by atoms with Gasteiger partial charge in [0.05, 0.1) is 18.6 Å². The van der Waals surface area contributed by atoms with Gasteiger partial charge in [0.15, 0.2) is 17.2 Å². The molecule has 2 rings (SSSR count). The zero-order valence-electron chi connectivity index (χ0n) is 12.5. The van der Waals surface area contributed by atoms with Crippen LogP contribution in [0.25, 0.3) is 12.2 Å². The molecule has 116 valence electrons. The Hall–Kier alpha value is -2.83. The lowest BCUT2D eigenvalue weighted by atomic mass is 10.1. The summed E-state index contributed by atoms with van der Waals surface area (Å²) < 4.78 is 15.7. The van der Waals surface area contributed by atoms with Crippen molar-refractivity contribution < 1.29 is 18.9 Å². The molecule has 0 fully saturated rings. The number of benzene rings is 1. The maximum absolute atomic E-state index is 11.0. The molecule has 22 heavy (non-hydrogen) atoms. The average molecular weight is 304 g/mol. The Morgan fingerprint density at radius 3 is 2.77 bits per heavy atom. The van der Waals surface area contributed by atoms with Gasteiger partial charge >= 0.3 is 5.69 Å². The van der Waals surface area contributed by atoms with Crippen LogP contribution in [0.15, 0.2) is 22.7 Å². The fraction of sp³-hybridized carbons (Fsp3) is 0.267. The Kier molecular flexibility index (Phi) is 4.77. The third-order valence-electron chi connectivity index (χ3n) is 2.95. The minimum atomic E-state index is -0.509. The van der Waals surface area contributed by atoms with Gasteiger partial charge in [0.25, 0.3) is 0 Å². The van der Waals surface area contributed by atoms with E-state index in [0.29, 0.717) is 18.1 Å². The maximum Gasteiger partial charge on any atom is 0.338 e. The smallest absolute Gasteiger partial charge is 0.338 e. The number of aromatic nitrogens is 1. The van der Waals surface area contributed by atoms with Crippen LogP contribution in [0.4, 0.5) is 5.69 Å². The molecule has 0 N–H and O–H groups in total. The van der Waals surface area contributed by atoms with Crippen molar-refractivity contribution in [2.45, 2.75) is 13.8 Å². The van der Waals surface area contributed by atoms with Crippen molar-refractivity contribution in [3.8, 4) is 11.5 Å². The third-order valence-corrected chi connectivity index (χ3v) is 2.95. The summed E-state index contributed by atoms with van der Waals surface area (Å²) in [5.74, 6) is 1.34. The lowest BCUT2D eigenvalue weighted by Crippen LogP contribution is -1.95. The summed E-state index contributed by atoms with van der Waals surface area (Å²) in [4.78, 5) is 10.5. The normalized spacial score (nSPS) is 10.9. The standard InChI is InChI=1S/C15H16N2O5/c1-4-21-14-9-11(5-7-12(14)20-3)6-8-13-15(17(18)19)10(2)16-22-13/h5-9H,4H2,1-3H3. The second-order valence-electron chi connectivity index (χ2n) is 4.41. The first-order valence-electron chi connectivity index (χ1n) is 6.66. The van der Waals surface area contributed by atoms with Crippen LogP contribution >= 0.6 is 0 Å². The highest BCUT2D eigenvalue weighted by atomic mass is 16.6. The molecule has 0 radical (unpaired) electrons. The molecule has 0 bridgehead atoms. The average Bonchev–Trinajstić information content (AvgIpc) is 2.87. The Bertz CT molecular complexity index is 706. The van der Waals surface area contributed by atoms with E-state index in [2.05, 4.69) is 5.16 Å². The first-order chi connectivity index (χ1) is 10.6. The summed E-state index contributed by atoms with van der Waals surface area (Å²) in [5, 5.41) is 14.6. The number of nitro groups is 1. The van der Waals surface area contributed by atoms with Gasteiger partial charge in [-0.2, -0.15) is 0 Å². The summed E-state index contributed by atoms with van der Waals surface area (Å²) in [6, 6.07) is 5.37. The number of ether oxygens (including phenoxy) is 2. The van der Waals surface area contributed by atoms with Crippen LogP contribution in [-0.4, -0.2) is 23.8 Å². The highest BCUT2D eigenvalue weighted by Gasteiger charge is 2.21. The van der Waals surface area contributed by atoms with Crippen molar-refractivity contribution in [1.29, 1.82) is 0 Å². The predicted octanol–water partition coefficient (Wildman–Crippen LogP) is 3.47. The molecule has 0 amide bonds. The lowest BCUT2D eigenvalue weighted by molar-refractivity contribution is -0.386. The van der Waals surface area contributed by atoms with Crippen LogP contribution in [0.1, 0.15) is 23.9 Å². The first kappa shape index (κ1) is 15.6. The van der Waals surface area contributed by atoms with Crippen molar-refractivity contribution in [2.75, 3.05) is 13.7 Å². The monoisotopic (exact) mass is 304 g/mol. The molecular weight excluding hydrogens is 288 g/mol. The van der Waals surface area contributed by atoms with Gasteiger partial charge in [-0.05, 0) is 37.6 Å². The van der Waals surface area contributed by atoms with E-state index < -0.39 is 4.92 Å². The van der Waals surface area contributed by atoms with Crippen LogP contribution in [0.3, 0.4) is 0 Å². The van der Waals surface area contributed by atoms with E-state index in [9.17, 15) is 10.1 Å². The topological polar surface area (TPSA) is 87.6 Å². The SMILES string of the molecule is CCOc1cc(C=Cc2onc(C)c2[N+](=O)[O-])ccc1OC. The quantitative estimate of drug-likeness (QED) is 0.600. The first-order valence-corrected chi connectivity index (χ1v) is 6.66. The molecule has 0 aliphatic rings. The Labute approximate surface area is 127 Å². The van der Waals surface area contributed by atoms with E-state index in [1.165, 1.54) is 13.0 Å². The molecule has 1 heterocycles. The molecule has 1 aromatic heterocycles. The zero-order chi connectivity index (χ0) is 16.1. The van der Waals surface area contributed by atoms with Gasteiger partial charge in [-0.25, -0.2) is 0 Å². The molecule has 0 spiro atoms. The van der Waals surface area contributed by atoms with Gasteiger partial charge in [0.2, 0.25) is 5.76 Å². The predicted molar refractivity (Wildman–Crippen MR) is 81.0 cm³/mol. The number of aryl methyl sites for hydroxylation is 1. The van der Waals surface area contributed by atoms with Crippen LogP contribution in [0, 0.1) is 17.0 Å². The summed E-state index contributed by atoms with van der Waals surface area (Å²) in [5.41, 5.74) is 0.914. The number of nitrogens with zero attached hydrogens (tertiary/aromatic N) is 2. The molecule has 0 saturated heterocycles.